The van der Waals surface area contributed by atoms with Crippen LogP contribution in [0.15, 0.2) is 77.7 Å². The minimum Gasteiger partial charge on any atom is -0.396 e. The molecular formula is C21H23NO3S. The lowest BCUT2D eigenvalue weighted by Gasteiger charge is -2.17. The van der Waals surface area contributed by atoms with Crippen LogP contribution in [-0.4, -0.2) is 26.7 Å². The van der Waals surface area contributed by atoms with Gasteiger partial charge in [-0.3, -0.25) is 0 Å². The van der Waals surface area contributed by atoms with Crippen LogP contribution >= 0.6 is 0 Å². The molecule has 0 saturated carbocycles. The molecule has 0 aromatic heterocycles. The van der Waals surface area contributed by atoms with Gasteiger partial charge in [-0.15, -0.1) is 0 Å². The van der Waals surface area contributed by atoms with E-state index in [4.69, 9.17) is 0 Å². The highest BCUT2D eigenvalue weighted by atomic mass is 32.2. The molecule has 0 saturated heterocycles. The number of hydrogen-bond donors (Lipinski definition) is 2. The van der Waals surface area contributed by atoms with Crippen molar-refractivity contribution in [2.45, 2.75) is 23.7 Å². The van der Waals surface area contributed by atoms with Crippen molar-refractivity contribution in [3.05, 3.63) is 78.4 Å². The third kappa shape index (κ3) is 4.30. The van der Waals surface area contributed by atoms with E-state index in [0.717, 1.165) is 16.3 Å². The molecule has 0 amide bonds. The van der Waals surface area contributed by atoms with Gasteiger partial charge in [-0.05, 0) is 35.8 Å². The van der Waals surface area contributed by atoms with Gasteiger partial charge in [-0.2, -0.15) is 0 Å². The lowest BCUT2D eigenvalue weighted by Crippen LogP contribution is -2.26. The molecule has 0 aliphatic heterocycles. The summed E-state index contributed by atoms with van der Waals surface area (Å²) >= 11 is 0. The second-order valence-corrected chi connectivity index (χ2v) is 8.02. The van der Waals surface area contributed by atoms with Crippen LogP contribution in [0.5, 0.6) is 0 Å². The zero-order valence-electron chi connectivity index (χ0n) is 14.5. The third-order valence-corrected chi connectivity index (χ3v) is 6.09. The van der Waals surface area contributed by atoms with Gasteiger partial charge in [0.1, 0.15) is 0 Å². The summed E-state index contributed by atoms with van der Waals surface area (Å²) in [6, 6.07) is 22.6. The molecule has 0 fully saturated rings. The molecule has 0 spiro atoms. The highest BCUT2D eigenvalue weighted by molar-refractivity contribution is 7.89. The van der Waals surface area contributed by atoms with E-state index in [1.165, 1.54) is 0 Å². The Balaban J connectivity index is 1.73. The van der Waals surface area contributed by atoms with Crippen LogP contribution in [0.1, 0.15) is 24.3 Å². The molecule has 0 bridgehead atoms. The van der Waals surface area contributed by atoms with Crippen molar-refractivity contribution in [1.82, 2.24) is 4.72 Å². The largest absolute Gasteiger partial charge is 0.396 e. The fraction of sp³-hybridized carbons (Fsp3) is 0.238. The summed E-state index contributed by atoms with van der Waals surface area (Å²) < 4.78 is 28.2. The van der Waals surface area contributed by atoms with Gasteiger partial charge in [0.15, 0.2) is 0 Å². The van der Waals surface area contributed by atoms with E-state index < -0.39 is 10.0 Å². The number of sulfonamides is 1. The van der Waals surface area contributed by atoms with Crippen LogP contribution < -0.4 is 4.72 Å². The van der Waals surface area contributed by atoms with Gasteiger partial charge in [-0.25, -0.2) is 13.1 Å². The fourth-order valence-electron chi connectivity index (χ4n) is 3.23. The Morgan fingerprint density at radius 2 is 1.54 bits per heavy atom. The first-order chi connectivity index (χ1) is 12.6. The van der Waals surface area contributed by atoms with Crippen molar-refractivity contribution in [1.29, 1.82) is 0 Å². The van der Waals surface area contributed by atoms with E-state index in [0.29, 0.717) is 24.3 Å². The summed E-state index contributed by atoms with van der Waals surface area (Å²) in [5.41, 5.74) is 1.12. The molecule has 0 unspecified atom stereocenters. The quantitative estimate of drug-likeness (QED) is 0.637. The molecule has 5 heteroatoms. The Morgan fingerprint density at radius 3 is 2.31 bits per heavy atom. The topological polar surface area (TPSA) is 66.4 Å². The molecular weight excluding hydrogens is 346 g/mol. The average Bonchev–Trinajstić information content (AvgIpc) is 2.67. The van der Waals surface area contributed by atoms with Crippen LogP contribution in [0.25, 0.3) is 10.8 Å². The zero-order chi connectivity index (χ0) is 18.4. The van der Waals surface area contributed by atoms with Crippen LogP contribution in [0.2, 0.25) is 0 Å². The molecule has 1 atom stereocenters. The van der Waals surface area contributed by atoms with E-state index in [1.807, 2.05) is 60.7 Å². The maximum Gasteiger partial charge on any atom is 0.241 e. The monoisotopic (exact) mass is 369 g/mol. The third-order valence-electron chi connectivity index (χ3n) is 4.57. The Morgan fingerprint density at radius 1 is 0.846 bits per heavy atom. The number of aliphatic hydroxyl groups is 1. The second kappa shape index (κ2) is 8.45. The van der Waals surface area contributed by atoms with Gasteiger partial charge >= 0.3 is 0 Å². The Labute approximate surface area is 154 Å². The molecule has 3 aromatic rings. The van der Waals surface area contributed by atoms with Gasteiger partial charge in [0.25, 0.3) is 0 Å². The predicted molar refractivity (Wildman–Crippen MR) is 105 cm³/mol. The van der Waals surface area contributed by atoms with Crippen molar-refractivity contribution >= 4 is 20.8 Å². The van der Waals surface area contributed by atoms with Crippen molar-refractivity contribution < 1.29 is 13.5 Å². The summed E-state index contributed by atoms with van der Waals surface area (Å²) in [4.78, 5) is 0.300. The van der Waals surface area contributed by atoms with Gasteiger partial charge in [0.2, 0.25) is 10.0 Å². The molecule has 2 N–H and O–H groups in total. The van der Waals surface area contributed by atoms with Crippen LogP contribution in [0.4, 0.5) is 0 Å². The normalized spacial score (nSPS) is 13.0. The SMILES string of the molecule is O=S(=O)(NCC[C@H](CCO)c1ccccc1)c1cccc2ccccc12. The van der Waals surface area contributed by atoms with Crippen LogP contribution in [-0.2, 0) is 10.0 Å². The van der Waals surface area contributed by atoms with Crippen molar-refractivity contribution in [3.63, 3.8) is 0 Å². The summed E-state index contributed by atoms with van der Waals surface area (Å²) in [5.74, 6) is 0.122. The predicted octanol–water partition coefficient (Wildman–Crippen LogP) is 3.67. The Kier molecular flexibility index (Phi) is 6.04. The van der Waals surface area contributed by atoms with Gasteiger partial charge < -0.3 is 5.11 Å². The molecule has 0 heterocycles. The first-order valence-corrected chi connectivity index (χ1v) is 10.2. The Hall–Kier alpha value is -2.21. The van der Waals surface area contributed by atoms with Crippen molar-refractivity contribution in [3.8, 4) is 0 Å². The molecule has 136 valence electrons. The summed E-state index contributed by atoms with van der Waals surface area (Å²) in [5, 5.41) is 10.9. The molecule has 0 aliphatic rings. The van der Waals surface area contributed by atoms with Crippen molar-refractivity contribution in [2.75, 3.05) is 13.2 Å². The van der Waals surface area contributed by atoms with Gasteiger partial charge in [-0.1, -0.05) is 66.7 Å². The molecule has 3 aromatic carbocycles. The smallest absolute Gasteiger partial charge is 0.241 e. The summed E-state index contributed by atoms with van der Waals surface area (Å²) in [7, 11) is -3.59. The first-order valence-electron chi connectivity index (χ1n) is 8.75. The molecule has 0 radical (unpaired) electrons. The average molecular weight is 369 g/mol. The van der Waals surface area contributed by atoms with E-state index in [9.17, 15) is 13.5 Å². The van der Waals surface area contributed by atoms with E-state index in [2.05, 4.69) is 4.72 Å². The lowest BCUT2D eigenvalue weighted by atomic mass is 9.93. The Bertz CT molecular complexity index is 950. The number of fused-ring (bicyclic) bond motifs is 1. The van der Waals surface area contributed by atoms with Gasteiger partial charge in [0.05, 0.1) is 4.90 Å². The lowest BCUT2D eigenvalue weighted by molar-refractivity contribution is 0.273. The summed E-state index contributed by atoms with van der Waals surface area (Å²) in [6.45, 7) is 0.404. The minimum absolute atomic E-state index is 0.0790. The van der Waals surface area contributed by atoms with Gasteiger partial charge in [0, 0.05) is 18.5 Å². The fourth-order valence-corrected chi connectivity index (χ4v) is 4.51. The molecule has 4 nitrogen and oxygen atoms in total. The minimum atomic E-state index is -3.59. The number of rotatable bonds is 8. The van der Waals surface area contributed by atoms with Crippen molar-refractivity contribution in [2.24, 2.45) is 0 Å². The molecule has 0 aliphatic carbocycles. The zero-order valence-corrected chi connectivity index (χ0v) is 15.3. The number of benzene rings is 3. The maximum atomic E-state index is 12.8. The van der Waals surface area contributed by atoms with E-state index >= 15 is 0 Å². The highest BCUT2D eigenvalue weighted by Gasteiger charge is 2.18. The van der Waals surface area contributed by atoms with Crippen LogP contribution in [0, 0.1) is 0 Å². The second-order valence-electron chi connectivity index (χ2n) is 6.28. The number of hydrogen-bond acceptors (Lipinski definition) is 3. The summed E-state index contributed by atoms with van der Waals surface area (Å²) in [6.07, 6.45) is 1.24. The molecule has 26 heavy (non-hydrogen) atoms. The van der Waals surface area contributed by atoms with E-state index in [1.54, 1.807) is 12.1 Å². The molecule has 3 rings (SSSR count). The number of nitrogens with one attached hydrogen (secondary N) is 1. The van der Waals surface area contributed by atoms with E-state index in [-0.39, 0.29) is 12.5 Å². The first kappa shape index (κ1) is 18.6. The standard InChI is InChI=1S/C21H23NO3S/c23-16-14-18(17-7-2-1-3-8-17)13-15-22-26(24,25)21-12-6-10-19-9-4-5-11-20(19)21/h1-12,18,22-23H,13-16H2/t18-/m1/s1. The highest BCUT2D eigenvalue weighted by Crippen LogP contribution is 2.24. The number of aliphatic hydroxyl groups excluding tert-OH is 1. The maximum absolute atomic E-state index is 12.8. The van der Waals surface area contributed by atoms with Crippen LogP contribution in [0.3, 0.4) is 0 Å².